The number of rotatable bonds is 4. The smallest absolute Gasteiger partial charge is 0.349 e. The molecule has 0 spiro atoms. The number of hydroxylamine groups is 2. The van der Waals surface area contributed by atoms with Gasteiger partial charge >= 0.3 is 11.9 Å². The molecule has 1 saturated carbocycles. The van der Waals surface area contributed by atoms with Crippen LogP contribution in [0.3, 0.4) is 0 Å². The highest BCUT2D eigenvalue weighted by Gasteiger charge is 2.44. The first-order valence-electron chi connectivity index (χ1n) is 10.0. The fourth-order valence-electron chi connectivity index (χ4n) is 3.79. The Morgan fingerprint density at radius 1 is 1.00 bits per heavy atom. The largest absolute Gasteiger partial charge is 0.459 e. The molecule has 2 fully saturated rings. The van der Waals surface area contributed by atoms with E-state index in [1.54, 1.807) is 6.92 Å². The van der Waals surface area contributed by atoms with Crippen molar-refractivity contribution in [3.05, 3.63) is 24.8 Å². The van der Waals surface area contributed by atoms with Crippen LogP contribution < -0.4 is 0 Å². The predicted octanol–water partition coefficient (Wildman–Crippen LogP) is 5.11. The summed E-state index contributed by atoms with van der Waals surface area (Å²) in [5, 5.41) is 1.83. The molecule has 1 aliphatic heterocycles. The Bertz CT molecular complexity index is 529. The van der Waals surface area contributed by atoms with Gasteiger partial charge in [0, 0.05) is 11.6 Å². The molecular formula is C22H37NO4. The minimum absolute atomic E-state index is 0.0968. The number of piperidine rings is 1. The number of nitrogens with zero attached hydrogens (tertiary/aromatic N) is 1. The van der Waals surface area contributed by atoms with Crippen molar-refractivity contribution in [2.24, 2.45) is 0 Å². The van der Waals surface area contributed by atoms with Gasteiger partial charge in [0.1, 0.15) is 6.10 Å². The fraction of sp³-hybridized carbons (Fsp3) is 0.727. The van der Waals surface area contributed by atoms with Crippen LogP contribution >= 0.6 is 0 Å². The lowest BCUT2D eigenvalue weighted by Gasteiger charge is -2.50. The topological polar surface area (TPSA) is 55.8 Å². The molecule has 0 aromatic heterocycles. The number of carbonyl (C=O) groups is 2. The van der Waals surface area contributed by atoms with Crippen LogP contribution in [0.25, 0.3) is 0 Å². The molecule has 0 atom stereocenters. The Morgan fingerprint density at radius 2 is 1.52 bits per heavy atom. The van der Waals surface area contributed by atoms with Crippen LogP contribution in [-0.4, -0.2) is 34.2 Å². The van der Waals surface area contributed by atoms with Crippen molar-refractivity contribution in [3.8, 4) is 0 Å². The lowest BCUT2D eigenvalue weighted by Crippen LogP contribution is -2.58. The molecule has 5 nitrogen and oxygen atoms in total. The van der Waals surface area contributed by atoms with Crippen molar-refractivity contribution in [3.63, 3.8) is 0 Å². The van der Waals surface area contributed by atoms with Crippen LogP contribution in [0.2, 0.25) is 0 Å². The highest BCUT2D eigenvalue weighted by molar-refractivity contribution is 5.87. The van der Waals surface area contributed by atoms with Crippen LogP contribution in [0.1, 0.15) is 86.0 Å². The quantitative estimate of drug-likeness (QED) is 0.502. The zero-order valence-corrected chi connectivity index (χ0v) is 17.8. The van der Waals surface area contributed by atoms with Crippen molar-refractivity contribution in [1.82, 2.24) is 5.06 Å². The van der Waals surface area contributed by atoms with Gasteiger partial charge in [0.05, 0.1) is 11.1 Å². The molecule has 0 unspecified atom stereocenters. The molecule has 0 bridgehead atoms. The van der Waals surface area contributed by atoms with Gasteiger partial charge in [-0.25, -0.2) is 9.59 Å². The number of carbonyl (C=O) groups excluding carboxylic acids is 2. The average molecular weight is 380 g/mol. The molecule has 1 heterocycles. The summed E-state index contributed by atoms with van der Waals surface area (Å²) in [4.78, 5) is 27.7. The van der Waals surface area contributed by atoms with E-state index in [4.69, 9.17) is 9.57 Å². The second kappa shape index (κ2) is 10.1. The normalized spacial score (nSPS) is 22.0. The third-order valence-electron chi connectivity index (χ3n) is 5.20. The average Bonchev–Trinajstić information content (AvgIpc) is 2.59. The highest BCUT2D eigenvalue weighted by Crippen LogP contribution is 2.38. The highest BCUT2D eigenvalue weighted by atomic mass is 16.7. The van der Waals surface area contributed by atoms with E-state index in [0.717, 1.165) is 25.7 Å². The standard InChI is InChI=1S/C12H21NO2.C10H16O2/c1-6-10(14)15-13-11(2,3)8-7-9-12(13,4)5;1-8(2)10(11)12-9-6-4-3-5-7-9/h6H,1,7-9H2,2-5H3;9H,1,3-7H2,2H3. The molecule has 2 rings (SSSR count). The Hall–Kier alpha value is -1.62. The Kier molecular flexibility index (Phi) is 8.73. The van der Waals surface area contributed by atoms with E-state index >= 15 is 0 Å². The molecule has 0 N–H and O–H groups in total. The van der Waals surface area contributed by atoms with E-state index in [1.807, 2.05) is 5.06 Å². The summed E-state index contributed by atoms with van der Waals surface area (Å²) in [5.41, 5.74) is 0.307. The number of hydrogen-bond acceptors (Lipinski definition) is 5. The summed E-state index contributed by atoms with van der Waals surface area (Å²) >= 11 is 0. The molecule has 0 aromatic rings. The van der Waals surface area contributed by atoms with Crippen molar-refractivity contribution >= 4 is 11.9 Å². The van der Waals surface area contributed by atoms with Gasteiger partial charge < -0.3 is 9.57 Å². The molecule has 0 amide bonds. The predicted molar refractivity (Wildman–Crippen MR) is 108 cm³/mol. The van der Waals surface area contributed by atoms with E-state index < -0.39 is 0 Å². The molecular weight excluding hydrogens is 342 g/mol. The van der Waals surface area contributed by atoms with Crippen LogP contribution in [0.4, 0.5) is 0 Å². The molecule has 154 valence electrons. The third-order valence-corrected chi connectivity index (χ3v) is 5.20. The third kappa shape index (κ3) is 7.49. The molecule has 27 heavy (non-hydrogen) atoms. The minimum Gasteiger partial charge on any atom is -0.459 e. The van der Waals surface area contributed by atoms with Gasteiger partial charge in [-0.2, -0.15) is 0 Å². The molecule has 2 aliphatic rings. The first kappa shape index (κ1) is 23.4. The summed E-state index contributed by atoms with van der Waals surface area (Å²) in [6.07, 6.45) is 10.3. The second-order valence-electron chi connectivity index (χ2n) is 8.83. The van der Waals surface area contributed by atoms with Crippen LogP contribution in [-0.2, 0) is 19.2 Å². The minimum atomic E-state index is -0.377. The molecule has 0 radical (unpaired) electrons. The second-order valence-corrected chi connectivity index (χ2v) is 8.83. The first-order chi connectivity index (χ1) is 12.5. The molecule has 1 aliphatic carbocycles. The summed E-state index contributed by atoms with van der Waals surface area (Å²) in [7, 11) is 0. The van der Waals surface area contributed by atoms with Gasteiger partial charge in [-0.3, -0.25) is 0 Å². The lowest BCUT2D eigenvalue weighted by atomic mass is 9.82. The number of ether oxygens (including phenoxy) is 1. The molecule has 5 heteroatoms. The van der Waals surface area contributed by atoms with Crippen molar-refractivity contribution in [1.29, 1.82) is 0 Å². The van der Waals surface area contributed by atoms with Crippen molar-refractivity contribution < 1.29 is 19.2 Å². The fourth-order valence-corrected chi connectivity index (χ4v) is 3.79. The van der Waals surface area contributed by atoms with Gasteiger partial charge in [0.15, 0.2) is 0 Å². The molecule has 0 aromatic carbocycles. The number of hydrogen-bond donors (Lipinski definition) is 0. The van der Waals surface area contributed by atoms with Gasteiger partial charge in [0.2, 0.25) is 0 Å². The zero-order valence-electron chi connectivity index (χ0n) is 17.8. The van der Waals surface area contributed by atoms with Crippen LogP contribution in [0, 0.1) is 0 Å². The van der Waals surface area contributed by atoms with E-state index in [0.29, 0.717) is 5.57 Å². The number of esters is 1. The summed E-state index contributed by atoms with van der Waals surface area (Å²) in [6, 6.07) is 0. The summed E-state index contributed by atoms with van der Waals surface area (Å²) in [5.74, 6) is -0.611. The lowest BCUT2D eigenvalue weighted by molar-refractivity contribution is -0.261. The van der Waals surface area contributed by atoms with Crippen molar-refractivity contribution in [2.45, 2.75) is 103 Å². The maximum absolute atomic E-state index is 11.3. The Balaban J connectivity index is 0.000000277. The van der Waals surface area contributed by atoms with Gasteiger partial charge in [-0.15, -0.1) is 5.06 Å². The zero-order chi connectivity index (χ0) is 20.7. The van der Waals surface area contributed by atoms with Gasteiger partial charge in [-0.1, -0.05) is 19.6 Å². The Morgan fingerprint density at radius 3 is 1.96 bits per heavy atom. The summed E-state index contributed by atoms with van der Waals surface area (Å²) < 4.78 is 5.21. The monoisotopic (exact) mass is 379 g/mol. The van der Waals surface area contributed by atoms with E-state index in [9.17, 15) is 9.59 Å². The maximum atomic E-state index is 11.3. The van der Waals surface area contributed by atoms with Gasteiger partial charge in [0.25, 0.3) is 0 Å². The summed E-state index contributed by atoms with van der Waals surface area (Å²) in [6.45, 7) is 17.1. The van der Waals surface area contributed by atoms with E-state index in [2.05, 4.69) is 40.9 Å². The maximum Gasteiger partial charge on any atom is 0.349 e. The Labute approximate surface area is 164 Å². The molecule has 1 saturated heterocycles. The SMILES string of the molecule is C=C(C)C(=O)OC1CCCCC1.C=CC(=O)ON1C(C)(C)CCCC1(C)C. The van der Waals surface area contributed by atoms with E-state index in [-0.39, 0.29) is 29.1 Å². The van der Waals surface area contributed by atoms with Crippen LogP contribution in [0.15, 0.2) is 24.8 Å². The van der Waals surface area contributed by atoms with E-state index in [1.165, 1.54) is 31.8 Å². The van der Waals surface area contributed by atoms with Crippen molar-refractivity contribution in [2.75, 3.05) is 0 Å². The first-order valence-corrected chi connectivity index (χ1v) is 10.0. The van der Waals surface area contributed by atoms with Gasteiger partial charge in [-0.05, 0) is 79.6 Å². The van der Waals surface area contributed by atoms with Crippen LogP contribution in [0.5, 0.6) is 0 Å².